The van der Waals surface area contributed by atoms with Crippen molar-refractivity contribution in [3.05, 3.63) is 99.2 Å². The first-order chi connectivity index (χ1) is 14.5. The Balaban J connectivity index is 1.63. The molecule has 0 aliphatic heterocycles. The second-order valence-corrected chi connectivity index (χ2v) is 7.50. The van der Waals surface area contributed by atoms with Crippen molar-refractivity contribution in [1.29, 1.82) is 0 Å². The van der Waals surface area contributed by atoms with E-state index in [0.29, 0.717) is 34.8 Å². The van der Waals surface area contributed by atoms with Crippen molar-refractivity contribution >= 4 is 23.2 Å². The molecular weight excluding hydrogens is 403 g/mol. The summed E-state index contributed by atoms with van der Waals surface area (Å²) in [5.41, 5.74) is 4.73. The second-order valence-electron chi connectivity index (χ2n) is 7.10. The number of nitrogens with zero attached hydrogens (tertiary/aromatic N) is 3. The van der Waals surface area contributed by atoms with Crippen LogP contribution in [0, 0.1) is 19.7 Å². The standard InChI is InChI=1S/C23H20ClFN4O/c1-14-18(11-16-7-4-6-10-21(16)25)15(2)29-22(28-14)19(13-27-29)23(30)26-12-17-8-3-5-9-20(17)24/h3-10,13H,11-12H2,1-2H3,(H,26,30). The van der Waals surface area contributed by atoms with Crippen molar-refractivity contribution in [3.63, 3.8) is 0 Å². The zero-order valence-corrected chi connectivity index (χ0v) is 17.4. The van der Waals surface area contributed by atoms with Gasteiger partial charge >= 0.3 is 0 Å². The van der Waals surface area contributed by atoms with E-state index in [2.05, 4.69) is 15.4 Å². The lowest BCUT2D eigenvalue weighted by Crippen LogP contribution is -2.23. The third-order valence-corrected chi connectivity index (χ3v) is 5.54. The minimum atomic E-state index is -0.280. The molecule has 0 radical (unpaired) electrons. The zero-order chi connectivity index (χ0) is 21.3. The van der Waals surface area contributed by atoms with E-state index in [1.165, 1.54) is 12.3 Å². The highest BCUT2D eigenvalue weighted by atomic mass is 35.5. The molecule has 5 nitrogen and oxygen atoms in total. The molecule has 2 aromatic carbocycles. The number of halogens is 2. The third kappa shape index (κ3) is 3.78. The van der Waals surface area contributed by atoms with Crippen LogP contribution < -0.4 is 5.32 Å². The van der Waals surface area contributed by atoms with Crippen LogP contribution in [0.1, 0.15) is 38.4 Å². The molecule has 0 aliphatic rings. The molecule has 4 rings (SSSR count). The molecule has 7 heteroatoms. The highest BCUT2D eigenvalue weighted by molar-refractivity contribution is 6.31. The molecule has 4 aromatic rings. The van der Waals surface area contributed by atoms with Gasteiger partial charge in [0, 0.05) is 29.4 Å². The molecule has 0 saturated carbocycles. The summed E-state index contributed by atoms with van der Waals surface area (Å²) in [6.45, 7) is 4.07. The number of hydrogen-bond donors (Lipinski definition) is 1. The molecule has 0 aliphatic carbocycles. The molecule has 152 valence electrons. The second kappa shape index (κ2) is 8.24. The third-order valence-electron chi connectivity index (χ3n) is 5.18. The quantitative estimate of drug-likeness (QED) is 0.509. The number of aromatic nitrogens is 3. The minimum Gasteiger partial charge on any atom is -0.348 e. The van der Waals surface area contributed by atoms with Crippen molar-refractivity contribution in [3.8, 4) is 0 Å². The van der Waals surface area contributed by atoms with E-state index in [1.807, 2.05) is 38.1 Å². The maximum atomic E-state index is 14.1. The molecule has 0 unspecified atom stereocenters. The largest absolute Gasteiger partial charge is 0.348 e. The average molecular weight is 423 g/mol. The van der Waals surface area contributed by atoms with Gasteiger partial charge in [-0.05, 0) is 42.7 Å². The van der Waals surface area contributed by atoms with Gasteiger partial charge in [-0.3, -0.25) is 4.79 Å². The van der Waals surface area contributed by atoms with Crippen molar-refractivity contribution < 1.29 is 9.18 Å². The fourth-order valence-electron chi connectivity index (χ4n) is 3.47. The van der Waals surface area contributed by atoms with E-state index in [9.17, 15) is 9.18 Å². The Labute approximate surface area is 178 Å². The van der Waals surface area contributed by atoms with E-state index in [-0.39, 0.29) is 11.7 Å². The predicted octanol–water partition coefficient (Wildman–Crippen LogP) is 4.66. The monoisotopic (exact) mass is 422 g/mol. The number of rotatable bonds is 5. The lowest BCUT2D eigenvalue weighted by atomic mass is 10.0. The van der Waals surface area contributed by atoms with Crippen LogP contribution in [0.25, 0.3) is 5.65 Å². The summed E-state index contributed by atoms with van der Waals surface area (Å²) in [6, 6.07) is 14.0. The summed E-state index contributed by atoms with van der Waals surface area (Å²) in [6.07, 6.45) is 1.91. The van der Waals surface area contributed by atoms with Crippen molar-refractivity contribution in [2.75, 3.05) is 0 Å². The number of carbonyl (C=O) groups is 1. The molecule has 1 amide bonds. The van der Waals surface area contributed by atoms with E-state index >= 15 is 0 Å². The zero-order valence-electron chi connectivity index (χ0n) is 16.6. The first kappa shape index (κ1) is 20.0. The van der Waals surface area contributed by atoms with Crippen LogP contribution in [0.4, 0.5) is 4.39 Å². The van der Waals surface area contributed by atoms with Gasteiger partial charge < -0.3 is 5.32 Å². The molecule has 0 fully saturated rings. The van der Waals surface area contributed by atoms with Crippen LogP contribution in [0.15, 0.2) is 54.7 Å². The maximum Gasteiger partial charge on any atom is 0.257 e. The molecule has 0 bridgehead atoms. The Kier molecular flexibility index (Phi) is 5.50. The van der Waals surface area contributed by atoms with Gasteiger partial charge in [-0.25, -0.2) is 13.9 Å². The van der Waals surface area contributed by atoms with Gasteiger partial charge in [-0.15, -0.1) is 0 Å². The molecular formula is C23H20ClFN4O. The molecule has 2 aromatic heterocycles. The summed E-state index contributed by atoms with van der Waals surface area (Å²) < 4.78 is 15.7. The molecule has 0 spiro atoms. The number of nitrogens with one attached hydrogen (secondary N) is 1. The number of carbonyl (C=O) groups excluding carboxylic acids is 1. The van der Waals surface area contributed by atoms with E-state index < -0.39 is 0 Å². The van der Waals surface area contributed by atoms with Gasteiger partial charge in [0.1, 0.15) is 11.4 Å². The molecule has 1 N–H and O–H groups in total. The van der Waals surface area contributed by atoms with Crippen LogP contribution in [0.3, 0.4) is 0 Å². The van der Waals surface area contributed by atoms with Gasteiger partial charge in [0.05, 0.1) is 6.20 Å². The summed E-state index contributed by atoms with van der Waals surface area (Å²) >= 11 is 6.16. The Morgan fingerprint density at radius 1 is 1.10 bits per heavy atom. The Morgan fingerprint density at radius 3 is 2.53 bits per heavy atom. The SMILES string of the molecule is Cc1nc2c(C(=O)NCc3ccccc3Cl)cnn2c(C)c1Cc1ccccc1F. The Morgan fingerprint density at radius 2 is 1.80 bits per heavy atom. The summed E-state index contributed by atoms with van der Waals surface area (Å²) in [7, 11) is 0. The highest BCUT2D eigenvalue weighted by Crippen LogP contribution is 2.22. The molecule has 2 heterocycles. The number of hydrogen-bond acceptors (Lipinski definition) is 3. The van der Waals surface area contributed by atoms with Crippen molar-refractivity contribution in [1.82, 2.24) is 19.9 Å². The van der Waals surface area contributed by atoms with Gasteiger partial charge in [0.25, 0.3) is 5.91 Å². The van der Waals surface area contributed by atoms with Gasteiger partial charge in [-0.1, -0.05) is 48.0 Å². The normalized spacial score (nSPS) is 11.1. The Hall–Kier alpha value is -3.25. The van der Waals surface area contributed by atoms with E-state index in [1.54, 1.807) is 22.7 Å². The van der Waals surface area contributed by atoms with Gasteiger partial charge in [0.2, 0.25) is 0 Å². The maximum absolute atomic E-state index is 14.1. The fraction of sp³-hybridized carbons (Fsp3) is 0.174. The predicted molar refractivity (Wildman–Crippen MR) is 114 cm³/mol. The van der Waals surface area contributed by atoms with Crippen LogP contribution >= 0.6 is 11.6 Å². The molecule has 0 saturated heterocycles. The minimum absolute atomic E-state index is 0.253. The smallest absolute Gasteiger partial charge is 0.257 e. The Bertz CT molecular complexity index is 1250. The number of fused-ring (bicyclic) bond motifs is 1. The molecule has 0 atom stereocenters. The van der Waals surface area contributed by atoms with E-state index in [4.69, 9.17) is 11.6 Å². The van der Waals surface area contributed by atoms with Crippen molar-refractivity contribution in [2.24, 2.45) is 0 Å². The highest BCUT2D eigenvalue weighted by Gasteiger charge is 2.19. The average Bonchev–Trinajstić information content (AvgIpc) is 3.15. The van der Waals surface area contributed by atoms with Gasteiger partial charge in [0.15, 0.2) is 5.65 Å². The first-order valence-electron chi connectivity index (χ1n) is 9.54. The van der Waals surface area contributed by atoms with E-state index in [0.717, 1.165) is 22.5 Å². The van der Waals surface area contributed by atoms with Crippen LogP contribution in [-0.4, -0.2) is 20.5 Å². The first-order valence-corrected chi connectivity index (χ1v) is 9.92. The van der Waals surface area contributed by atoms with Crippen LogP contribution in [0.5, 0.6) is 0 Å². The summed E-state index contributed by atoms with van der Waals surface area (Å²) in [5, 5.41) is 7.82. The summed E-state index contributed by atoms with van der Waals surface area (Å²) in [5.74, 6) is -0.533. The number of benzene rings is 2. The number of amides is 1. The fourth-order valence-corrected chi connectivity index (χ4v) is 3.67. The summed E-state index contributed by atoms with van der Waals surface area (Å²) in [4.78, 5) is 17.4. The lowest BCUT2D eigenvalue weighted by Gasteiger charge is -2.12. The lowest BCUT2D eigenvalue weighted by molar-refractivity contribution is 0.0952. The van der Waals surface area contributed by atoms with Crippen LogP contribution in [-0.2, 0) is 13.0 Å². The topological polar surface area (TPSA) is 59.3 Å². The number of aryl methyl sites for hydroxylation is 2. The van der Waals surface area contributed by atoms with Crippen molar-refractivity contribution in [2.45, 2.75) is 26.8 Å². The van der Waals surface area contributed by atoms with Crippen LogP contribution in [0.2, 0.25) is 5.02 Å². The molecule has 30 heavy (non-hydrogen) atoms. The van der Waals surface area contributed by atoms with Gasteiger partial charge in [-0.2, -0.15) is 5.10 Å².